The van der Waals surface area contributed by atoms with Crippen molar-refractivity contribution in [2.75, 3.05) is 6.54 Å². The number of hydrogen-bond donors (Lipinski definition) is 1. The third kappa shape index (κ3) is 1.42. The second-order valence-corrected chi connectivity index (χ2v) is 2.89. The smallest absolute Gasteiger partial charge is 0.216 e. The zero-order valence-electron chi connectivity index (χ0n) is 7.34. The van der Waals surface area contributed by atoms with Gasteiger partial charge in [-0.1, -0.05) is 30.3 Å². The molecule has 1 N–H and O–H groups in total. The fourth-order valence-corrected chi connectivity index (χ4v) is 1.21. The Bertz CT molecular complexity index is 421. The summed E-state index contributed by atoms with van der Waals surface area (Å²) in [4.78, 5) is 11.7. The Hall–Kier alpha value is -1.97. The minimum Gasteiger partial charge on any atom is -0.508 e. The number of hydrogen-bond acceptors (Lipinski definition) is 4. The van der Waals surface area contributed by atoms with Gasteiger partial charge in [0.15, 0.2) is 5.70 Å². The van der Waals surface area contributed by atoms with E-state index in [0.29, 0.717) is 5.56 Å². The molecule has 1 aliphatic rings. The number of aliphatic hydroxyl groups excluding tert-OH is 1. The number of carbonyl (C=O) groups excluding carboxylic acids is 1. The average molecular weight is 188 g/mol. The molecule has 70 valence electrons. The van der Waals surface area contributed by atoms with Gasteiger partial charge in [0, 0.05) is 5.56 Å². The molecule has 0 saturated heterocycles. The van der Waals surface area contributed by atoms with Crippen LogP contribution in [0.5, 0.6) is 0 Å². The molecule has 0 atom stereocenters. The monoisotopic (exact) mass is 188 g/mol. The van der Waals surface area contributed by atoms with Crippen molar-refractivity contribution in [3.05, 3.63) is 47.4 Å². The molecular formula is C10H8N2O2. The van der Waals surface area contributed by atoms with Crippen molar-refractivity contribution in [1.29, 1.82) is 0 Å². The topological polar surface area (TPSA) is 62.0 Å². The molecule has 0 radical (unpaired) electrons. The lowest BCUT2D eigenvalue weighted by molar-refractivity contribution is 0.102. The first-order chi connectivity index (χ1) is 6.79. The molecule has 1 aromatic rings. The van der Waals surface area contributed by atoms with Gasteiger partial charge in [-0.25, -0.2) is 0 Å². The minimum absolute atomic E-state index is 0.0520. The minimum atomic E-state index is -0.288. The van der Waals surface area contributed by atoms with Crippen molar-refractivity contribution in [3.63, 3.8) is 0 Å². The molecule has 4 heteroatoms. The second-order valence-electron chi connectivity index (χ2n) is 2.89. The zero-order valence-corrected chi connectivity index (χ0v) is 7.34. The number of carbonyl (C=O) groups is 1. The molecule has 0 amide bonds. The van der Waals surface area contributed by atoms with E-state index in [1.54, 1.807) is 24.3 Å². The van der Waals surface area contributed by atoms with Crippen molar-refractivity contribution < 1.29 is 9.90 Å². The Morgan fingerprint density at radius 2 is 2.00 bits per heavy atom. The van der Waals surface area contributed by atoms with Gasteiger partial charge in [0.2, 0.25) is 5.78 Å². The standard InChI is InChI=1S/C10H8N2O2/c13-8-6-11-12-9(8)10(14)7-4-2-1-3-5-7/h1-5,13H,6H2. The maximum atomic E-state index is 11.7. The van der Waals surface area contributed by atoms with Crippen LogP contribution in [-0.4, -0.2) is 17.4 Å². The van der Waals surface area contributed by atoms with Crippen molar-refractivity contribution in [1.82, 2.24) is 0 Å². The molecule has 0 saturated carbocycles. The molecular weight excluding hydrogens is 180 g/mol. The summed E-state index contributed by atoms with van der Waals surface area (Å²) in [5, 5.41) is 16.5. The van der Waals surface area contributed by atoms with Crippen LogP contribution in [0.25, 0.3) is 0 Å². The lowest BCUT2D eigenvalue weighted by Crippen LogP contribution is -2.02. The molecule has 0 aliphatic carbocycles. The number of azo groups is 1. The van der Waals surface area contributed by atoms with Crippen molar-refractivity contribution in [2.45, 2.75) is 0 Å². The maximum Gasteiger partial charge on any atom is 0.216 e. The Kier molecular flexibility index (Phi) is 2.10. The zero-order chi connectivity index (χ0) is 9.97. The fraction of sp³-hybridized carbons (Fsp3) is 0.100. The van der Waals surface area contributed by atoms with Gasteiger partial charge < -0.3 is 5.11 Å². The number of Topliss-reactive ketones (excluding diaryl/α,β-unsaturated/α-hetero) is 1. The summed E-state index contributed by atoms with van der Waals surface area (Å²) in [7, 11) is 0. The number of allylic oxidation sites excluding steroid dienone is 1. The molecule has 0 unspecified atom stereocenters. The highest BCUT2D eigenvalue weighted by molar-refractivity contribution is 6.08. The van der Waals surface area contributed by atoms with Gasteiger partial charge in [-0.3, -0.25) is 4.79 Å². The Morgan fingerprint density at radius 1 is 1.29 bits per heavy atom. The van der Waals surface area contributed by atoms with Gasteiger partial charge >= 0.3 is 0 Å². The van der Waals surface area contributed by atoms with Gasteiger partial charge in [-0.2, -0.15) is 5.11 Å². The van der Waals surface area contributed by atoms with E-state index in [9.17, 15) is 9.90 Å². The van der Waals surface area contributed by atoms with E-state index in [1.165, 1.54) is 0 Å². The van der Waals surface area contributed by atoms with Crippen LogP contribution in [0.2, 0.25) is 0 Å². The number of benzene rings is 1. The van der Waals surface area contributed by atoms with E-state index in [-0.39, 0.29) is 23.8 Å². The quantitative estimate of drug-likeness (QED) is 0.722. The van der Waals surface area contributed by atoms with Crippen molar-refractivity contribution >= 4 is 5.78 Å². The molecule has 14 heavy (non-hydrogen) atoms. The van der Waals surface area contributed by atoms with Crippen LogP contribution in [-0.2, 0) is 0 Å². The van der Waals surface area contributed by atoms with Gasteiger partial charge in [0.25, 0.3) is 0 Å². The summed E-state index contributed by atoms with van der Waals surface area (Å²) in [6, 6.07) is 8.70. The molecule has 1 aliphatic heterocycles. The first-order valence-corrected chi connectivity index (χ1v) is 4.18. The Morgan fingerprint density at radius 3 is 2.57 bits per heavy atom. The third-order valence-corrected chi connectivity index (χ3v) is 1.92. The van der Waals surface area contributed by atoms with Gasteiger partial charge in [0.05, 0.1) is 0 Å². The second kappa shape index (κ2) is 3.41. The van der Waals surface area contributed by atoms with Crippen LogP contribution in [0, 0.1) is 0 Å². The molecule has 4 nitrogen and oxygen atoms in total. The highest BCUT2D eigenvalue weighted by Gasteiger charge is 2.20. The molecule has 0 fully saturated rings. The SMILES string of the molecule is O=C(C1=C(O)CN=N1)c1ccccc1. The predicted octanol–water partition coefficient (Wildman–Crippen LogP) is 2.10. The normalized spacial score (nSPS) is 14.9. The maximum absolute atomic E-state index is 11.7. The van der Waals surface area contributed by atoms with Crippen LogP contribution < -0.4 is 0 Å². The molecule has 2 rings (SSSR count). The van der Waals surface area contributed by atoms with Gasteiger partial charge in [-0.15, -0.1) is 5.11 Å². The highest BCUT2D eigenvalue weighted by atomic mass is 16.3. The molecule has 0 bridgehead atoms. The molecule has 1 aromatic carbocycles. The Balaban J connectivity index is 2.34. The summed E-state index contributed by atoms with van der Waals surface area (Å²) < 4.78 is 0. The van der Waals surface area contributed by atoms with Crippen LogP contribution in [0.15, 0.2) is 52.0 Å². The van der Waals surface area contributed by atoms with Crippen LogP contribution in [0.4, 0.5) is 0 Å². The third-order valence-electron chi connectivity index (χ3n) is 1.92. The van der Waals surface area contributed by atoms with Gasteiger partial charge in [-0.05, 0) is 0 Å². The number of aliphatic hydroxyl groups is 1. The van der Waals surface area contributed by atoms with E-state index >= 15 is 0 Å². The number of ketones is 1. The van der Waals surface area contributed by atoms with Crippen molar-refractivity contribution in [2.24, 2.45) is 10.2 Å². The highest BCUT2D eigenvalue weighted by Crippen LogP contribution is 2.17. The molecule has 0 spiro atoms. The average Bonchev–Trinajstić information content (AvgIpc) is 2.65. The van der Waals surface area contributed by atoms with E-state index in [0.717, 1.165) is 0 Å². The van der Waals surface area contributed by atoms with Crippen LogP contribution >= 0.6 is 0 Å². The lowest BCUT2D eigenvalue weighted by atomic mass is 10.1. The lowest BCUT2D eigenvalue weighted by Gasteiger charge is -1.97. The first-order valence-electron chi connectivity index (χ1n) is 4.18. The predicted molar refractivity (Wildman–Crippen MR) is 50.2 cm³/mol. The van der Waals surface area contributed by atoms with Gasteiger partial charge in [0.1, 0.15) is 12.3 Å². The van der Waals surface area contributed by atoms with E-state index in [1.807, 2.05) is 6.07 Å². The van der Waals surface area contributed by atoms with Crippen LogP contribution in [0.1, 0.15) is 10.4 Å². The summed E-state index contributed by atoms with van der Waals surface area (Å²) in [5.41, 5.74) is 0.561. The summed E-state index contributed by atoms with van der Waals surface area (Å²) >= 11 is 0. The van der Waals surface area contributed by atoms with E-state index < -0.39 is 0 Å². The van der Waals surface area contributed by atoms with Crippen molar-refractivity contribution in [3.8, 4) is 0 Å². The fourth-order valence-electron chi connectivity index (χ4n) is 1.21. The number of nitrogens with zero attached hydrogens (tertiary/aromatic N) is 2. The first kappa shape index (κ1) is 8.62. The Labute approximate surface area is 80.6 Å². The molecule has 0 aromatic heterocycles. The molecule has 1 heterocycles. The summed E-state index contributed by atoms with van der Waals surface area (Å²) in [6.07, 6.45) is 0. The van der Waals surface area contributed by atoms with E-state index in [4.69, 9.17) is 0 Å². The largest absolute Gasteiger partial charge is 0.508 e. The summed E-state index contributed by atoms with van der Waals surface area (Å²) in [6.45, 7) is 0.105. The van der Waals surface area contributed by atoms with E-state index in [2.05, 4.69) is 10.2 Å². The van der Waals surface area contributed by atoms with Crippen LogP contribution in [0.3, 0.4) is 0 Å². The number of rotatable bonds is 2. The summed E-state index contributed by atoms with van der Waals surface area (Å²) in [5.74, 6) is -0.344.